The van der Waals surface area contributed by atoms with Crippen LogP contribution in [0.3, 0.4) is 0 Å². The zero-order valence-corrected chi connectivity index (χ0v) is 9.30. The van der Waals surface area contributed by atoms with E-state index in [2.05, 4.69) is 35.4 Å². The molecule has 3 heteroatoms. The van der Waals surface area contributed by atoms with Crippen LogP contribution in [0.2, 0.25) is 0 Å². The molecular formula is C13H15N3. The third-order valence-corrected chi connectivity index (χ3v) is 3.33. The molecule has 1 saturated carbocycles. The van der Waals surface area contributed by atoms with Crippen LogP contribution in [-0.4, -0.2) is 9.78 Å². The lowest BCUT2D eigenvalue weighted by atomic mass is 10.1. The molecule has 2 atom stereocenters. The van der Waals surface area contributed by atoms with Gasteiger partial charge in [0.05, 0.1) is 5.69 Å². The highest BCUT2D eigenvalue weighted by Gasteiger charge is 2.41. The molecule has 1 heterocycles. The van der Waals surface area contributed by atoms with Crippen molar-refractivity contribution in [1.29, 1.82) is 0 Å². The van der Waals surface area contributed by atoms with E-state index in [1.807, 2.05) is 13.1 Å². The van der Waals surface area contributed by atoms with E-state index in [1.54, 1.807) is 4.68 Å². The highest BCUT2D eigenvalue weighted by molar-refractivity contribution is 5.38. The molecule has 2 N–H and O–H groups in total. The Hall–Kier alpha value is -1.77. The highest BCUT2D eigenvalue weighted by Crippen LogP contribution is 2.54. The number of nitrogens with two attached hydrogens (primary N) is 1. The molecule has 16 heavy (non-hydrogen) atoms. The van der Waals surface area contributed by atoms with Crippen LogP contribution in [0.5, 0.6) is 0 Å². The molecule has 1 aromatic carbocycles. The van der Waals surface area contributed by atoms with Crippen LogP contribution >= 0.6 is 0 Å². The molecule has 2 unspecified atom stereocenters. The van der Waals surface area contributed by atoms with E-state index in [-0.39, 0.29) is 0 Å². The smallest absolute Gasteiger partial charge is 0.121 e. The van der Waals surface area contributed by atoms with Gasteiger partial charge in [0, 0.05) is 19.0 Å². The van der Waals surface area contributed by atoms with Crippen LogP contribution in [0.4, 0.5) is 5.82 Å². The first-order valence-electron chi connectivity index (χ1n) is 5.60. The quantitative estimate of drug-likeness (QED) is 0.831. The third-order valence-electron chi connectivity index (χ3n) is 3.33. The lowest BCUT2D eigenvalue weighted by molar-refractivity contribution is 0.749. The molecule has 1 aliphatic rings. The predicted molar refractivity (Wildman–Crippen MR) is 64.2 cm³/mol. The van der Waals surface area contributed by atoms with Gasteiger partial charge in [0.15, 0.2) is 0 Å². The number of nitrogens with zero attached hydrogens (tertiary/aromatic N) is 2. The van der Waals surface area contributed by atoms with Crippen molar-refractivity contribution in [1.82, 2.24) is 9.78 Å². The maximum Gasteiger partial charge on any atom is 0.121 e. The molecule has 2 aromatic rings. The normalized spacial score (nSPS) is 23.3. The van der Waals surface area contributed by atoms with Gasteiger partial charge in [-0.3, -0.25) is 4.68 Å². The molecule has 1 fully saturated rings. The second-order valence-electron chi connectivity index (χ2n) is 4.48. The molecule has 0 amide bonds. The average Bonchev–Trinajstić information content (AvgIpc) is 3.03. The molecule has 0 saturated heterocycles. The van der Waals surface area contributed by atoms with Gasteiger partial charge < -0.3 is 5.73 Å². The van der Waals surface area contributed by atoms with Gasteiger partial charge in [0.25, 0.3) is 0 Å². The summed E-state index contributed by atoms with van der Waals surface area (Å²) < 4.78 is 1.75. The van der Waals surface area contributed by atoms with Gasteiger partial charge in [-0.15, -0.1) is 0 Å². The molecule has 0 bridgehead atoms. The van der Waals surface area contributed by atoms with Crippen molar-refractivity contribution in [3.05, 3.63) is 47.7 Å². The average molecular weight is 213 g/mol. The van der Waals surface area contributed by atoms with Gasteiger partial charge in [-0.05, 0) is 17.9 Å². The standard InChI is InChI=1S/C13H15N3/c1-16-13(14)8-12(15-16)11-7-10(11)9-5-3-2-4-6-9/h2-6,8,10-11H,7,14H2,1H3. The number of anilines is 1. The van der Waals surface area contributed by atoms with Crippen LogP contribution in [0, 0.1) is 0 Å². The topological polar surface area (TPSA) is 43.8 Å². The lowest BCUT2D eigenvalue weighted by Crippen LogP contribution is -1.96. The summed E-state index contributed by atoms with van der Waals surface area (Å²) >= 11 is 0. The van der Waals surface area contributed by atoms with Gasteiger partial charge in [-0.25, -0.2) is 0 Å². The second kappa shape index (κ2) is 3.37. The molecule has 3 rings (SSSR count). The first kappa shape index (κ1) is 9.46. The van der Waals surface area contributed by atoms with Crippen molar-refractivity contribution in [2.75, 3.05) is 5.73 Å². The zero-order valence-electron chi connectivity index (χ0n) is 9.30. The molecule has 1 aromatic heterocycles. The predicted octanol–water partition coefficient (Wildman–Crippen LogP) is 2.27. The molecular weight excluding hydrogens is 198 g/mol. The summed E-state index contributed by atoms with van der Waals surface area (Å²) in [6.07, 6.45) is 1.19. The number of hydrogen-bond donors (Lipinski definition) is 1. The first-order valence-corrected chi connectivity index (χ1v) is 5.60. The van der Waals surface area contributed by atoms with E-state index in [1.165, 1.54) is 12.0 Å². The van der Waals surface area contributed by atoms with Crippen LogP contribution in [0.25, 0.3) is 0 Å². The SMILES string of the molecule is Cn1nc(C2CC2c2ccccc2)cc1N. The largest absolute Gasteiger partial charge is 0.384 e. The van der Waals surface area contributed by atoms with Gasteiger partial charge in [0.2, 0.25) is 0 Å². The second-order valence-corrected chi connectivity index (χ2v) is 4.48. The summed E-state index contributed by atoms with van der Waals surface area (Å²) in [5.41, 5.74) is 8.34. The summed E-state index contributed by atoms with van der Waals surface area (Å²) in [5.74, 6) is 1.94. The number of hydrogen-bond acceptors (Lipinski definition) is 2. The fourth-order valence-corrected chi connectivity index (χ4v) is 2.28. The number of aromatic nitrogens is 2. The third kappa shape index (κ3) is 1.48. The van der Waals surface area contributed by atoms with Gasteiger partial charge >= 0.3 is 0 Å². The van der Waals surface area contributed by atoms with Crippen molar-refractivity contribution in [3.8, 4) is 0 Å². The van der Waals surface area contributed by atoms with E-state index < -0.39 is 0 Å². The summed E-state index contributed by atoms with van der Waals surface area (Å²) in [6, 6.07) is 12.6. The Bertz CT molecular complexity index is 482. The Labute approximate surface area is 94.9 Å². The molecule has 3 nitrogen and oxygen atoms in total. The Morgan fingerprint density at radius 1 is 1.25 bits per heavy atom. The minimum Gasteiger partial charge on any atom is -0.384 e. The van der Waals surface area contributed by atoms with Gasteiger partial charge in [-0.1, -0.05) is 30.3 Å². The number of aryl methyl sites for hydroxylation is 1. The lowest BCUT2D eigenvalue weighted by Gasteiger charge is -1.97. The Morgan fingerprint density at radius 3 is 2.62 bits per heavy atom. The van der Waals surface area contributed by atoms with Crippen molar-refractivity contribution >= 4 is 5.82 Å². The summed E-state index contributed by atoms with van der Waals surface area (Å²) in [5, 5.41) is 4.44. The van der Waals surface area contributed by atoms with Gasteiger partial charge in [-0.2, -0.15) is 5.10 Å². The highest BCUT2D eigenvalue weighted by atomic mass is 15.3. The van der Waals surface area contributed by atoms with E-state index in [4.69, 9.17) is 5.73 Å². The number of benzene rings is 1. The minimum absolute atomic E-state index is 0.561. The number of rotatable bonds is 2. The van der Waals surface area contributed by atoms with E-state index >= 15 is 0 Å². The summed E-state index contributed by atoms with van der Waals surface area (Å²) in [7, 11) is 1.89. The zero-order chi connectivity index (χ0) is 11.1. The Kier molecular flexibility index (Phi) is 1.99. The fourth-order valence-electron chi connectivity index (χ4n) is 2.28. The fraction of sp³-hybridized carbons (Fsp3) is 0.308. The van der Waals surface area contributed by atoms with Crippen LogP contribution < -0.4 is 5.73 Å². The molecule has 0 aliphatic heterocycles. The molecule has 0 spiro atoms. The van der Waals surface area contributed by atoms with Crippen molar-refractivity contribution in [2.45, 2.75) is 18.3 Å². The van der Waals surface area contributed by atoms with E-state index in [9.17, 15) is 0 Å². The van der Waals surface area contributed by atoms with Crippen molar-refractivity contribution in [3.63, 3.8) is 0 Å². The number of nitrogen functional groups attached to an aromatic ring is 1. The maximum absolute atomic E-state index is 5.79. The van der Waals surface area contributed by atoms with Crippen LogP contribution in [0.1, 0.15) is 29.5 Å². The Morgan fingerprint density at radius 2 is 2.00 bits per heavy atom. The minimum atomic E-state index is 0.561. The summed E-state index contributed by atoms with van der Waals surface area (Å²) in [6.45, 7) is 0. The van der Waals surface area contributed by atoms with Crippen LogP contribution in [0.15, 0.2) is 36.4 Å². The summed E-state index contributed by atoms with van der Waals surface area (Å²) in [4.78, 5) is 0. The van der Waals surface area contributed by atoms with E-state index in [0.717, 1.165) is 11.5 Å². The van der Waals surface area contributed by atoms with Crippen molar-refractivity contribution in [2.24, 2.45) is 7.05 Å². The molecule has 82 valence electrons. The van der Waals surface area contributed by atoms with Crippen LogP contribution in [-0.2, 0) is 7.05 Å². The van der Waals surface area contributed by atoms with E-state index in [0.29, 0.717) is 11.8 Å². The maximum atomic E-state index is 5.79. The monoisotopic (exact) mass is 213 g/mol. The Balaban J connectivity index is 1.82. The first-order chi connectivity index (χ1) is 7.75. The molecule has 0 radical (unpaired) electrons. The molecule has 1 aliphatic carbocycles. The van der Waals surface area contributed by atoms with Crippen molar-refractivity contribution < 1.29 is 0 Å². The van der Waals surface area contributed by atoms with Gasteiger partial charge in [0.1, 0.15) is 5.82 Å².